The fraction of sp³-hybridized carbons (Fsp3) is 0.625. The molecule has 2 aromatic carbocycles. The van der Waals surface area contributed by atoms with Crippen LogP contribution in [0.5, 0.6) is 23.0 Å². The molecular weight excluding hydrogens is 448 g/mol. The smallest absolute Gasteiger partial charge is 0.119 e. The average Bonchev–Trinajstić information content (AvgIpc) is 2.81. The third-order valence-electron chi connectivity index (χ3n) is 8.68. The number of hydrogen-bond acceptors (Lipinski definition) is 4. The molecule has 0 saturated heterocycles. The lowest BCUT2D eigenvalue weighted by atomic mass is 9.77. The van der Waals surface area contributed by atoms with Crippen LogP contribution in [-0.4, -0.2) is 20.4 Å². The highest BCUT2D eigenvalue weighted by atomic mass is 16.3. The highest BCUT2D eigenvalue weighted by molar-refractivity contribution is 5.51. The number of benzene rings is 2. The molecule has 0 radical (unpaired) electrons. The maximum Gasteiger partial charge on any atom is 0.119 e. The van der Waals surface area contributed by atoms with Gasteiger partial charge in [0.1, 0.15) is 23.0 Å². The predicted octanol–water partition coefficient (Wildman–Crippen LogP) is 8.95. The van der Waals surface area contributed by atoms with E-state index < -0.39 is 0 Å². The zero-order valence-electron chi connectivity index (χ0n) is 24.9. The largest absolute Gasteiger partial charge is 0.508 e. The van der Waals surface area contributed by atoms with Gasteiger partial charge in [-0.3, -0.25) is 0 Å². The van der Waals surface area contributed by atoms with E-state index in [4.69, 9.17) is 0 Å². The summed E-state index contributed by atoms with van der Waals surface area (Å²) in [4.78, 5) is 0. The molecule has 4 nitrogen and oxygen atoms in total. The van der Waals surface area contributed by atoms with Gasteiger partial charge in [0, 0.05) is 22.3 Å². The van der Waals surface area contributed by atoms with Crippen LogP contribution in [0, 0.1) is 0 Å². The Labute approximate surface area is 220 Å². The zero-order chi connectivity index (χ0) is 28.3. The molecule has 0 atom stereocenters. The van der Waals surface area contributed by atoms with Gasteiger partial charge in [0.25, 0.3) is 0 Å². The van der Waals surface area contributed by atoms with E-state index in [2.05, 4.69) is 83.1 Å². The van der Waals surface area contributed by atoms with Crippen molar-refractivity contribution in [2.45, 2.75) is 130 Å². The van der Waals surface area contributed by atoms with Crippen molar-refractivity contribution in [1.29, 1.82) is 0 Å². The first-order valence-electron chi connectivity index (χ1n) is 13.4. The number of hydrogen-bond donors (Lipinski definition) is 4. The maximum atomic E-state index is 10.2. The van der Waals surface area contributed by atoms with Crippen LogP contribution in [0.25, 0.3) is 0 Å². The Morgan fingerprint density at radius 2 is 0.528 bits per heavy atom. The van der Waals surface area contributed by atoms with Crippen molar-refractivity contribution in [3.05, 3.63) is 46.5 Å². The van der Waals surface area contributed by atoms with Crippen LogP contribution >= 0.6 is 0 Å². The van der Waals surface area contributed by atoms with E-state index in [0.29, 0.717) is 0 Å². The molecule has 0 aliphatic carbocycles. The summed E-state index contributed by atoms with van der Waals surface area (Å²) in [7, 11) is 0. The number of phenolic OH excluding ortho intramolecular Hbond substituents is 4. The molecule has 4 heteroatoms. The SMILES string of the molecule is CCC(C)(C)c1cc(O)c(C(C)(C)CC)cc1O.CCC(C)(C)c1cc(O)c(C(C)(C)CC)cc1O. The molecule has 4 N–H and O–H groups in total. The summed E-state index contributed by atoms with van der Waals surface area (Å²) in [5.41, 5.74) is 2.76. The van der Waals surface area contributed by atoms with E-state index in [1.165, 1.54) is 0 Å². The molecule has 0 spiro atoms. The van der Waals surface area contributed by atoms with Crippen molar-refractivity contribution in [1.82, 2.24) is 0 Å². The maximum absolute atomic E-state index is 10.2. The second-order valence-corrected chi connectivity index (χ2v) is 12.7. The van der Waals surface area contributed by atoms with Crippen molar-refractivity contribution < 1.29 is 20.4 Å². The number of rotatable bonds is 8. The summed E-state index contributed by atoms with van der Waals surface area (Å²) in [6.45, 7) is 24.9. The van der Waals surface area contributed by atoms with Gasteiger partial charge in [-0.25, -0.2) is 0 Å². The van der Waals surface area contributed by atoms with Crippen LogP contribution in [-0.2, 0) is 21.7 Å². The molecule has 0 heterocycles. The van der Waals surface area contributed by atoms with Crippen molar-refractivity contribution in [2.24, 2.45) is 0 Å². The topological polar surface area (TPSA) is 80.9 Å². The average molecular weight is 501 g/mol. The van der Waals surface area contributed by atoms with E-state index >= 15 is 0 Å². The van der Waals surface area contributed by atoms with Crippen LogP contribution in [0.1, 0.15) is 131 Å². The molecule has 0 bridgehead atoms. The predicted molar refractivity (Wildman–Crippen MR) is 153 cm³/mol. The van der Waals surface area contributed by atoms with E-state index in [0.717, 1.165) is 47.9 Å². The van der Waals surface area contributed by atoms with Crippen LogP contribution in [0.2, 0.25) is 0 Å². The Morgan fingerprint density at radius 3 is 0.639 bits per heavy atom. The normalized spacial score (nSPS) is 12.8. The van der Waals surface area contributed by atoms with Gasteiger partial charge in [0.2, 0.25) is 0 Å². The Hall–Kier alpha value is -2.36. The van der Waals surface area contributed by atoms with E-state index in [-0.39, 0.29) is 44.7 Å². The summed E-state index contributed by atoms with van der Waals surface area (Å²) in [6.07, 6.45) is 3.65. The first-order chi connectivity index (χ1) is 16.3. The molecule has 36 heavy (non-hydrogen) atoms. The second kappa shape index (κ2) is 11.4. The van der Waals surface area contributed by atoms with Crippen LogP contribution in [0.4, 0.5) is 0 Å². The van der Waals surface area contributed by atoms with E-state index in [1.807, 2.05) is 0 Å². The third kappa shape index (κ3) is 6.89. The summed E-state index contributed by atoms with van der Waals surface area (Å²) < 4.78 is 0. The molecule has 0 aromatic heterocycles. The Balaban J connectivity index is 0.000000360. The van der Waals surface area contributed by atoms with Crippen molar-refractivity contribution in [3.8, 4) is 23.0 Å². The van der Waals surface area contributed by atoms with Crippen molar-refractivity contribution in [3.63, 3.8) is 0 Å². The molecule has 2 rings (SSSR count). The van der Waals surface area contributed by atoms with Crippen molar-refractivity contribution in [2.75, 3.05) is 0 Å². The number of aromatic hydroxyl groups is 4. The van der Waals surface area contributed by atoms with Crippen LogP contribution < -0.4 is 0 Å². The minimum absolute atomic E-state index is 0.129. The lowest BCUT2D eigenvalue weighted by Crippen LogP contribution is -2.19. The fourth-order valence-electron chi connectivity index (χ4n) is 4.08. The lowest BCUT2D eigenvalue weighted by Gasteiger charge is -2.29. The first-order valence-corrected chi connectivity index (χ1v) is 13.4. The molecule has 0 fully saturated rings. The summed E-state index contributed by atoms with van der Waals surface area (Å²) in [5.74, 6) is 1.15. The molecular formula is C32H52O4. The minimum atomic E-state index is -0.129. The summed E-state index contributed by atoms with van der Waals surface area (Å²) in [5, 5.41) is 40.9. The van der Waals surface area contributed by atoms with Crippen LogP contribution in [0.3, 0.4) is 0 Å². The fourth-order valence-corrected chi connectivity index (χ4v) is 4.08. The molecule has 0 aliphatic rings. The van der Waals surface area contributed by atoms with Crippen molar-refractivity contribution >= 4 is 0 Å². The van der Waals surface area contributed by atoms with Gasteiger partial charge in [-0.2, -0.15) is 0 Å². The summed E-state index contributed by atoms with van der Waals surface area (Å²) >= 11 is 0. The molecule has 204 valence electrons. The van der Waals surface area contributed by atoms with Gasteiger partial charge in [-0.05, 0) is 71.6 Å². The molecule has 0 amide bonds. The molecule has 0 saturated carbocycles. The molecule has 2 aromatic rings. The van der Waals surface area contributed by atoms with Gasteiger partial charge in [0.05, 0.1) is 0 Å². The zero-order valence-corrected chi connectivity index (χ0v) is 24.9. The van der Waals surface area contributed by atoms with Gasteiger partial charge in [-0.15, -0.1) is 0 Å². The third-order valence-corrected chi connectivity index (χ3v) is 8.68. The summed E-state index contributed by atoms with van der Waals surface area (Å²) in [6, 6.07) is 6.91. The van der Waals surface area contributed by atoms with E-state index in [9.17, 15) is 20.4 Å². The Kier molecular flexibility index (Phi) is 9.99. The van der Waals surface area contributed by atoms with E-state index in [1.54, 1.807) is 24.3 Å². The highest BCUT2D eigenvalue weighted by Gasteiger charge is 2.29. The molecule has 0 unspecified atom stereocenters. The standard InChI is InChI=1S/2C16H26O2/c2*1-7-15(3,4)11-9-14(18)12(10-13(11)17)16(5,6)8-2/h2*9-10,17-18H,7-8H2,1-6H3. The van der Waals surface area contributed by atoms with Crippen LogP contribution in [0.15, 0.2) is 24.3 Å². The minimum Gasteiger partial charge on any atom is -0.508 e. The van der Waals surface area contributed by atoms with Gasteiger partial charge < -0.3 is 20.4 Å². The monoisotopic (exact) mass is 500 g/mol. The quantitative estimate of drug-likeness (QED) is 0.273. The second-order valence-electron chi connectivity index (χ2n) is 12.7. The Morgan fingerprint density at radius 1 is 0.389 bits per heavy atom. The first kappa shape index (κ1) is 31.7. The lowest BCUT2D eigenvalue weighted by molar-refractivity contribution is 0.400. The van der Waals surface area contributed by atoms with Gasteiger partial charge in [-0.1, -0.05) is 83.1 Å². The highest BCUT2D eigenvalue weighted by Crippen LogP contribution is 2.43. The molecule has 0 aliphatic heterocycles. The number of phenols is 4. The van der Waals surface area contributed by atoms with Gasteiger partial charge >= 0.3 is 0 Å². The Bertz CT molecular complexity index is 862. The van der Waals surface area contributed by atoms with Gasteiger partial charge in [0.15, 0.2) is 0 Å².